The Kier molecular flexibility index (Phi) is 7.54. The minimum Gasteiger partial charge on any atom is -0.321 e. The van der Waals surface area contributed by atoms with Crippen molar-refractivity contribution in [3.05, 3.63) is 135 Å². The molecule has 0 atom stereocenters. The third kappa shape index (κ3) is 5.68. The van der Waals surface area contributed by atoms with E-state index in [-0.39, 0.29) is 35.8 Å². The van der Waals surface area contributed by atoms with Gasteiger partial charge in [0.15, 0.2) is 23.2 Å². The molecule has 6 nitrogen and oxygen atoms in total. The maximum Gasteiger partial charge on any atom is 0.261 e. The monoisotopic (exact) mass is 541 g/mol. The van der Waals surface area contributed by atoms with Crippen molar-refractivity contribution in [1.29, 1.82) is 0 Å². The number of nitrogens with one attached hydrogen (secondary N) is 1. The molecular formula is C31H22F3N3O3. The summed E-state index contributed by atoms with van der Waals surface area (Å²) in [5.74, 6) is -4.87. The highest BCUT2D eigenvalue weighted by atomic mass is 19.2. The lowest BCUT2D eigenvalue weighted by Gasteiger charge is -2.08. The summed E-state index contributed by atoms with van der Waals surface area (Å²) in [6, 6.07) is 13.7. The third-order valence-electron chi connectivity index (χ3n) is 6.39. The van der Waals surface area contributed by atoms with Crippen LogP contribution in [0.1, 0.15) is 45.5 Å². The Morgan fingerprint density at radius 3 is 2.52 bits per heavy atom. The largest absolute Gasteiger partial charge is 0.321 e. The van der Waals surface area contributed by atoms with E-state index in [2.05, 4.69) is 10.3 Å². The molecule has 0 fully saturated rings. The quantitative estimate of drug-likeness (QED) is 0.172. The zero-order chi connectivity index (χ0) is 28.2. The molecule has 0 unspecified atom stereocenters. The number of benzene rings is 2. The van der Waals surface area contributed by atoms with Crippen LogP contribution in [0.25, 0.3) is 17.7 Å². The third-order valence-corrected chi connectivity index (χ3v) is 6.39. The number of amides is 1. The van der Waals surface area contributed by atoms with E-state index in [1.165, 1.54) is 18.3 Å². The smallest absolute Gasteiger partial charge is 0.261 e. The fourth-order valence-corrected chi connectivity index (χ4v) is 4.43. The van der Waals surface area contributed by atoms with Crippen LogP contribution >= 0.6 is 0 Å². The van der Waals surface area contributed by atoms with Gasteiger partial charge in [-0.3, -0.25) is 19.4 Å². The molecule has 0 saturated heterocycles. The van der Waals surface area contributed by atoms with Gasteiger partial charge in [0.1, 0.15) is 0 Å². The van der Waals surface area contributed by atoms with Gasteiger partial charge in [0, 0.05) is 41.8 Å². The molecule has 2 aromatic heterocycles. The van der Waals surface area contributed by atoms with Crippen LogP contribution in [0.4, 0.5) is 18.9 Å². The minimum atomic E-state index is -1.58. The molecule has 0 bridgehead atoms. The van der Waals surface area contributed by atoms with Crippen LogP contribution in [0.5, 0.6) is 0 Å². The van der Waals surface area contributed by atoms with Crippen molar-refractivity contribution in [2.24, 2.45) is 0 Å². The second-order valence-electron chi connectivity index (χ2n) is 9.20. The second-order valence-corrected chi connectivity index (χ2v) is 9.20. The number of nitrogens with zero attached hydrogens (tertiary/aromatic N) is 2. The number of pyridine rings is 2. The summed E-state index contributed by atoms with van der Waals surface area (Å²) >= 11 is 0. The van der Waals surface area contributed by atoms with E-state index in [0.29, 0.717) is 17.7 Å². The number of allylic oxidation sites excluding steroid dienone is 1. The minimum absolute atomic E-state index is 0.0490. The molecule has 0 radical (unpaired) electrons. The van der Waals surface area contributed by atoms with Crippen molar-refractivity contribution in [3.63, 3.8) is 0 Å². The predicted octanol–water partition coefficient (Wildman–Crippen LogP) is 5.88. The van der Waals surface area contributed by atoms with Gasteiger partial charge in [-0.05, 0) is 65.6 Å². The first-order valence-electron chi connectivity index (χ1n) is 12.4. The number of hydrogen-bond acceptors (Lipinski definition) is 4. The van der Waals surface area contributed by atoms with E-state index in [9.17, 15) is 27.6 Å². The molecule has 0 spiro atoms. The maximum atomic E-state index is 13.5. The molecule has 3 heterocycles. The van der Waals surface area contributed by atoms with Crippen LogP contribution < -0.4 is 10.9 Å². The fourth-order valence-electron chi connectivity index (χ4n) is 4.43. The normalized spacial score (nSPS) is 13.6. The van der Waals surface area contributed by atoms with Gasteiger partial charge in [0.2, 0.25) is 0 Å². The van der Waals surface area contributed by atoms with Gasteiger partial charge < -0.3 is 9.88 Å². The number of Topliss-reactive ketones (excluding diaryl/α,β-unsaturated/α-hetero) is 1. The number of anilines is 1. The second kappa shape index (κ2) is 11.4. The maximum absolute atomic E-state index is 13.5. The van der Waals surface area contributed by atoms with Crippen LogP contribution in [0.3, 0.4) is 0 Å². The van der Waals surface area contributed by atoms with Gasteiger partial charge in [-0.2, -0.15) is 0 Å². The summed E-state index contributed by atoms with van der Waals surface area (Å²) in [7, 11) is 0. The standard InChI is InChI=1S/C31H22F3N3O3/c32-25-14-21(15-26(33)29(25)34)18-37-12-4-7-23(31(37)40)28(38)8-2-1-5-19-9-10-22-24(30(39)36-27(22)16-19)13-20-6-3-11-35-17-20/h1,3-7,9-17H,2,8,18H2,(H,36,39)/b5-1+,24-13+. The Morgan fingerprint density at radius 2 is 1.77 bits per heavy atom. The summed E-state index contributed by atoms with van der Waals surface area (Å²) in [5, 5.41) is 2.86. The molecule has 1 aliphatic rings. The van der Waals surface area contributed by atoms with Crippen LogP contribution in [0, 0.1) is 17.5 Å². The number of fused-ring (bicyclic) bond motifs is 1. The molecule has 1 amide bonds. The highest BCUT2D eigenvalue weighted by molar-refractivity contribution is 6.35. The van der Waals surface area contributed by atoms with Crippen LogP contribution in [-0.2, 0) is 11.3 Å². The summed E-state index contributed by atoms with van der Waals surface area (Å²) in [6.07, 6.45) is 10.6. The molecule has 9 heteroatoms. The van der Waals surface area contributed by atoms with Crippen LogP contribution in [-0.4, -0.2) is 21.2 Å². The number of aromatic nitrogens is 2. The van der Waals surface area contributed by atoms with E-state index in [4.69, 9.17) is 0 Å². The Morgan fingerprint density at radius 1 is 0.975 bits per heavy atom. The van der Waals surface area contributed by atoms with Crippen LogP contribution in [0.15, 0.2) is 84.1 Å². The average molecular weight is 542 g/mol. The van der Waals surface area contributed by atoms with E-state index >= 15 is 0 Å². The molecule has 1 aliphatic heterocycles. The van der Waals surface area contributed by atoms with Gasteiger partial charge >= 0.3 is 0 Å². The molecule has 1 N–H and O–H groups in total. The summed E-state index contributed by atoms with van der Waals surface area (Å²) in [4.78, 5) is 42.1. The zero-order valence-corrected chi connectivity index (χ0v) is 21.0. The van der Waals surface area contributed by atoms with Gasteiger partial charge in [0.05, 0.1) is 12.1 Å². The highest BCUT2D eigenvalue weighted by Gasteiger charge is 2.24. The number of halogens is 3. The van der Waals surface area contributed by atoms with Crippen molar-refractivity contribution in [2.45, 2.75) is 19.4 Å². The summed E-state index contributed by atoms with van der Waals surface area (Å²) in [6.45, 7) is -0.220. The molecule has 4 aromatic rings. The first-order chi connectivity index (χ1) is 19.3. The van der Waals surface area contributed by atoms with Crippen molar-refractivity contribution in [1.82, 2.24) is 9.55 Å². The summed E-state index contributed by atoms with van der Waals surface area (Å²) in [5.41, 5.74) is 3.06. The van der Waals surface area contributed by atoms with Gasteiger partial charge in [0.25, 0.3) is 11.5 Å². The first kappa shape index (κ1) is 26.6. The first-order valence-corrected chi connectivity index (χ1v) is 12.4. The Hall–Kier alpha value is -5.05. The lowest BCUT2D eigenvalue weighted by atomic mass is 10.0. The van der Waals surface area contributed by atoms with E-state index in [1.54, 1.807) is 30.6 Å². The number of ketones is 1. The van der Waals surface area contributed by atoms with E-state index < -0.39 is 23.0 Å². The van der Waals surface area contributed by atoms with Crippen molar-refractivity contribution in [2.75, 3.05) is 5.32 Å². The Balaban J connectivity index is 1.23. The molecule has 2 aromatic carbocycles. The van der Waals surface area contributed by atoms with Gasteiger partial charge in [-0.15, -0.1) is 0 Å². The molecule has 40 heavy (non-hydrogen) atoms. The summed E-state index contributed by atoms with van der Waals surface area (Å²) < 4.78 is 41.5. The van der Waals surface area contributed by atoms with Crippen molar-refractivity contribution < 1.29 is 22.8 Å². The van der Waals surface area contributed by atoms with Gasteiger partial charge in [-0.1, -0.05) is 30.4 Å². The van der Waals surface area contributed by atoms with E-state index in [0.717, 1.165) is 33.4 Å². The number of carbonyl (C=O) groups is 2. The number of hydrogen-bond donors (Lipinski definition) is 1. The SMILES string of the molecule is O=C1Nc2cc(/C=C/CCC(=O)c3cccn(Cc4cc(F)c(F)c(F)c4)c3=O)ccc2/C1=C\c1cccnc1. The average Bonchev–Trinajstić information content (AvgIpc) is 3.25. The Labute approximate surface area is 227 Å². The van der Waals surface area contributed by atoms with Crippen molar-refractivity contribution >= 4 is 35.1 Å². The van der Waals surface area contributed by atoms with Gasteiger partial charge in [-0.25, -0.2) is 13.2 Å². The molecule has 0 aliphatic carbocycles. The molecule has 0 saturated carbocycles. The topological polar surface area (TPSA) is 81.1 Å². The predicted molar refractivity (Wildman–Crippen MR) is 146 cm³/mol. The van der Waals surface area contributed by atoms with Crippen LogP contribution in [0.2, 0.25) is 0 Å². The lowest BCUT2D eigenvalue weighted by Crippen LogP contribution is -2.26. The highest BCUT2D eigenvalue weighted by Crippen LogP contribution is 2.34. The zero-order valence-electron chi connectivity index (χ0n) is 21.0. The number of rotatable bonds is 8. The fraction of sp³-hybridized carbons (Fsp3) is 0.0968. The molecule has 5 rings (SSSR count). The molecule has 200 valence electrons. The lowest BCUT2D eigenvalue weighted by molar-refractivity contribution is -0.110. The van der Waals surface area contributed by atoms with Crippen molar-refractivity contribution in [3.8, 4) is 0 Å². The van der Waals surface area contributed by atoms with E-state index in [1.807, 2.05) is 30.3 Å². The molecular weight excluding hydrogens is 519 g/mol. The number of carbonyl (C=O) groups excluding carboxylic acids is 2. The Bertz CT molecular complexity index is 1720.